The normalized spacial score (nSPS) is 9.95. The van der Waals surface area contributed by atoms with Gasteiger partial charge in [0.2, 0.25) is 0 Å². The number of hydrogen-bond acceptors (Lipinski definition) is 4. The Balaban J connectivity index is 2.91. The van der Waals surface area contributed by atoms with Gasteiger partial charge < -0.3 is 20.1 Å². The zero-order valence-corrected chi connectivity index (χ0v) is 12.1. The fraction of sp³-hybridized carbons (Fsp3) is 0.429. The van der Waals surface area contributed by atoms with Crippen molar-refractivity contribution in [2.24, 2.45) is 5.73 Å². The highest BCUT2D eigenvalue weighted by atomic mass is 16.5. The number of methoxy groups -OCH3 is 1. The van der Waals surface area contributed by atoms with Crippen LogP contribution in [0.4, 0.5) is 0 Å². The van der Waals surface area contributed by atoms with Crippen LogP contribution in [0, 0.1) is 5.41 Å². The molecule has 0 atom stereocenters. The minimum atomic E-state index is -0.130. The second kappa shape index (κ2) is 7.37. The summed E-state index contributed by atoms with van der Waals surface area (Å²) in [4.78, 5) is 13.6. The molecule has 6 nitrogen and oxygen atoms in total. The highest BCUT2D eigenvalue weighted by Crippen LogP contribution is 2.30. The van der Waals surface area contributed by atoms with Crippen molar-refractivity contribution in [3.8, 4) is 11.5 Å². The van der Waals surface area contributed by atoms with E-state index in [1.165, 1.54) is 7.11 Å². The number of carbonyl (C=O) groups is 1. The Kier molecular flexibility index (Phi) is 5.83. The van der Waals surface area contributed by atoms with Gasteiger partial charge in [0, 0.05) is 13.1 Å². The number of nitrogens with two attached hydrogens (primary N) is 1. The van der Waals surface area contributed by atoms with Gasteiger partial charge in [-0.2, -0.15) is 0 Å². The molecule has 0 aliphatic heterocycles. The summed E-state index contributed by atoms with van der Waals surface area (Å²) in [5, 5.41) is 7.54. The van der Waals surface area contributed by atoms with E-state index in [-0.39, 0.29) is 18.3 Å². The number of hydrogen-bond donors (Lipinski definition) is 2. The zero-order chi connectivity index (χ0) is 15.1. The monoisotopic (exact) mass is 279 g/mol. The Hall–Kier alpha value is -2.24. The third kappa shape index (κ3) is 3.63. The topological polar surface area (TPSA) is 88.6 Å². The van der Waals surface area contributed by atoms with E-state index in [9.17, 15) is 4.79 Å². The second-order valence-corrected chi connectivity index (χ2v) is 4.11. The SMILES string of the molecule is CCN(CC)C(=O)COc1c(OC)cccc1C(=N)N. The third-order valence-electron chi connectivity index (χ3n) is 2.95. The van der Waals surface area contributed by atoms with Crippen molar-refractivity contribution in [2.45, 2.75) is 13.8 Å². The first kappa shape index (κ1) is 15.8. The number of rotatable bonds is 7. The molecule has 1 aromatic rings. The standard InChI is InChI=1S/C14H21N3O3/c1-4-17(5-2)12(18)9-20-13-10(14(15)16)7-6-8-11(13)19-3/h6-8H,4-5,9H2,1-3H3,(H3,15,16). The Bertz CT molecular complexity index is 485. The van der Waals surface area contributed by atoms with Gasteiger partial charge in [-0.25, -0.2) is 0 Å². The van der Waals surface area contributed by atoms with Gasteiger partial charge in [0.25, 0.3) is 5.91 Å². The van der Waals surface area contributed by atoms with Gasteiger partial charge in [-0.05, 0) is 26.0 Å². The zero-order valence-electron chi connectivity index (χ0n) is 12.1. The molecule has 3 N–H and O–H groups in total. The first-order valence-corrected chi connectivity index (χ1v) is 6.47. The highest BCUT2D eigenvalue weighted by molar-refractivity contribution is 5.98. The van der Waals surface area contributed by atoms with Crippen LogP contribution < -0.4 is 15.2 Å². The molecule has 0 fully saturated rings. The van der Waals surface area contributed by atoms with Crippen LogP contribution in [0.5, 0.6) is 11.5 Å². The molecule has 6 heteroatoms. The van der Waals surface area contributed by atoms with Gasteiger partial charge in [0.15, 0.2) is 18.1 Å². The molecule has 1 aromatic carbocycles. The van der Waals surface area contributed by atoms with Crippen LogP contribution in [0.25, 0.3) is 0 Å². The molecule has 0 unspecified atom stereocenters. The molecule has 0 saturated carbocycles. The largest absolute Gasteiger partial charge is 0.493 e. The maximum absolute atomic E-state index is 11.9. The van der Waals surface area contributed by atoms with Crippen molar-refractivity contribution < 1.29 is 14.3 Å². The molecule has 0 saturated heterocycles. The molecule has 0 aliphatic carbocycles. The van der Waals surface area contributed by atoms with E-state index in [0.29, 0.717) is 30.2 Å². The van der Waals surface area contributed by atoms with Gasteiger partial charge in [-0.15, -0.1) is 0 Å². The van der Waals surface area contributed by atoms with Crippen LogP contribution in [-0.4, -0.2) is 43.4 Å². The molecule has 0 heterocycles. The average Bonchev–Trinajstić information content (AvgIpc) is 2.45. The van der Waals surface area contributed by atoms with Crippen molar-refractivity contribution in [1.29, 1.82) is 5.41 Å². The summed E-state index contributed by atoms with van der Waals surface area (Å²) in [7, 11) is 1.50. The number of benzene rings is 1. The summed E-state index contributed by atoms with van der Waals surface area (Å²) in [5.74, 6) is 0.526. The lowest BCUT2D eigenvalue weighted by atomic mass is 10.1. The third-order valence-corrected chi connectivity index (χ3v) is 2.95. The number of nitrogen functional groups attached to an aromatic ring is 1. The second-order valence-electron chi connectivity index (χ2n) is 4.11. The molecule has 110 valence electrons. The van der Waals surface area contributed by atoms with Crippen molar-refractivity contribution >= 4 is 11.7 Å². The summed E-state index contributed by atoms with van der Waals surface area (Å²) < 4.78 is 10.7. The lowest BCUT2D eigenvalue weighted by molar-refractivity contribution is -0.132. The van der Waals surface area contributed by atoms with E-state index in [0.717, 1.165) is 0 Å². The van der Waals surface area contributed by atoms with E-state index in [1.807, 2.05) is 13.8 Å². The van der Waals surface area contributed by atoms with Crippen molar-refractivity contribution in [3.63, 3.8) is 0 Å². The minimum absolute atomic E-state index is 0.109. The van der Waals surface area contributed by atoms with E-state index < -0.39 is 0 Å². The van der Waals surface area contributed by atoms with E-state index in [2.05, 4.69) is 0 Å². The first-order chi connectivity index (χ1) is 9.54. The molecule has 0 spiro atoms. The minimum Gasteiger partial charge on any atom is -0.493 e. The molecule has 1 rings (SSSR count). The molecule has 0 aliphatic rings. The number of amidine groups is 1. The molecule has 0 aromatic heterocycles. The summed E-state index contributed by atoms with van der Waals surface area (Å²) in [6.45, 7) is 4.97. The van der Waals surface area contributed by atoms with Crippen LogP contribution in [0.3, 0.4) is 0 Å². The number of para-hydroxylation sites is 1. The first-order valence-electron chi connectivity index (χ1n) is 6.47. The lowest BCUT2D eigenvalue weighted by Crippen LogP contribution is -2.34. The molecular formula is C14H21N3O3. The number of likely N-dealkylation sites (N-methyl/N-ethyl adjacent to an activating group) is 1. The Morgan fingerprint density at radius 3 is 2.50 bits per heavy atom. The smallest absolute Gasteiger partial charge is 0.260 e. The fourth-order valence-electron chi connectivity index (χ4n) is 1.84. The summed E-state index contributed by atoms with van der Waals surface area (Å²) in [6, 6.07) is 5.07. The van der Waals surface area contributed by atoms with Gasteiger partial charge in [0.05, 0.1) is 12.7 Å². The lowest BCUT2D eigenvalue weighted by Gasteiger charge is -2.20. The van der Waals surface area contributed by atoms with Crippen LogP contribution in [0.2, 0.25) is 0 Å². The Morgan fingerprint density at radius 1 is 1.35 bits per heavy atom. The summed E-state index contributed by atoms with van der Waals surface area (Å²) >= 11 is 0. The predicted molar refractivity (Wildman–Crippen MR) is 77.4 cm³/mol. The molecule has 20 heavy (non-hydrogen) atoms. The van der Waals surface area contributed by atoms with Gasteiger partial charge in [0.1, 0.15) is 5.84 Å². The van der Waals surface area contributed by atoms with Crippen LogP contribution in [-0.2, 0) is 4.79 Å². The van der Waals surface area contributed by atoms with Crippen molar-refractivity contribution in [1.82, 2.24) is 4.90 Å². The quantitative estimate of drug-likeness (QED) is 0.580. The van der Waals surface area contributed by atoms with Gasteiger partial charge in [-0.3, -0.25) is 10.2 Å². The fourth-order valence-corrected chi connectivity index (χ4v) is 1.84. The Labute approximate surface area is 119 Å². The van der Waals surface area contributed by atoms with E-state index in [4.69, 9.17) is 20.6 Å². The Morgan fingerprint density at radius 2 is 2.00 bits per heavy atom. The highest BCUT2D eigenvalue weighted by Gasteiger charge is 2.16. The maximum atomic E-state index is 11.9. The summed E-state index contributed by atoms with van der Waals surface area (Å²) in [6.07, 6.45) is 0. The van der Waals surface area contributed by atoms with Gasteiger partial charge >= 0.3 is 0 Å². The van der Waals surface area contributed by atoms with Crippen molar-refractivity contribution in [2.75, 3.05) is 26.8 Å². The van der Waals surface area contributed by atoms with E-state index in [1.54, 1.807) is 23.1 Å². The van der Waals surface area contributed by atoms with Crippen LogP contribution in [0.15, 0.2) is 18.2 Å². The van der Waals surface area contributed by atoms with E-state index >= 15 is 0 Å². The average molecular weight is 279 g/mol. The van der Waals surface area contributed by atoms with Crippen molar-refractivity contribution in [3.05, 3.63) is 23.8 Å². The van der Waals surface area contributed by atoms with Crippen LogP contribution in [0.1, 0.15) is 19.4 Å². The number of ether oxygens (including phenoxy) is 2. The van der Waals surface area contributed by atoms with Gasteiger partial charge in [-0.1, -0.05) is 6.07 Å². The summed E-state index contributed by atoms with van der Waals surface area (Å²) in [5.41, 5.74) is 5.92. The molecule has 0 radical (unpaired) electrons. The number of carbonyl (C=O) groups excluding carboxylic acids is 1. The number of nitrogens with one attached hydrogen (secondary N) is 1. The number of nitrogens with zero attached hydrogens (tertiary/aromatic N) is 1. The molecule has 1 amide bonds. The number of amides is 1. The maximum Gasteiger partial charge on any atom is 0.260 e. The molecular weight excluding hydrogens is 258 g/mol. The molecule has 0 bridgehead atoms. The van der Waals surface area contributed by atoms with Crippen LogP contribution >= 0.6 is 0 Å². The predicted octanol–water partition coefficient (Wildman–Crippen LogP) is 1.23.